The van der Waals surface area contributed by atoms with Crippen molar-refractivity contribution in [3.63, 3.8) is 0 Å². The first-order valence-corrected chi connectivity index (χ1v) is 11.7. The molecule has 4 aromatic rings. The Morgan fingerprint density at radius 3 is 2.18 bits per heavy atom. The fraction of sp³-hybridized carbons (Fsp3) is 0.182. The van der Waals surface area contributed by atoms with Crippen LogP contribution in [0.2, 0.25) is 0 Å². The van der Waals surface area contributed by atoms with Crippen LogP contribution in [0.3, 0.4) is 0 Å². The van der Waals surface area contributed by atoms with E-state index in [0.717, 1.165) is 18.6 Å². The molecule has 0 aliphatic carbocycles. The molecule has 34 heavy (non-hydrogen) atoms. The molecule has 0 spiro atoms. The topological polar surface area (TPSA) is 97.7 Å². The predicted octanol–water partition coefficient (Wildman–Crippen LogP) is 4.82. The van der Waals surface area contributed by atoms with Gasteiger partial charge in [-0.1, -0.05) is 12.1 Å². The number of anilines is 1. The van der Waals surface area contributed by atoms with Crippen molar-refractivity contribution in [3.8, 4) is 11.1 Å². The largest absolute Gasteiger partial charge is 0.451 e. The lowest BCUT2D eigenvalue weighted by atomic mass is 10.0. The minimum absolute atomic E-state index is 0.0414. The maximum atomic E-state index is 13.4. The lowest BCUT2D eigenvalue weighted by molar-refractivity contribution is -0.145. The minimum atomic E-state index is -4.66. The number of nitrogens with zero attached hydrogens (tertiary/aromatic N) is 4. The number of sulfone groups is 1. The third-order valence-electron chi connectivity index (χ3n) is 5.06. The van der Waals surface area contributed by atoms with Gasteiger partial charge in [-0.3, -0.25) is 0 Å². The maximum Gasteiger partial charge on any atom is 0.451 e. The molecule has 1 atom stereocenters. The molecule has 0 amide bonds. The van der Waals surface area contributed by atoms with Gasteiger partial charge in [0, 0.05) is 29.6 Å². The Kier molecular flexibility index (Phi) is 5.94. The molecule has 0 saturated carbocycles. The standard InChI is InChI=1S/C22H17F4N5O2S/c1-12(15-9-27-21(28-10-15)22(24,25)26)31-20-17-7-14(13-3-5-16(23)6-4-13)8-18(34(2,32)33)19(17)29-11-30-20/h3-12H,1-2H3,(H,29,30,31). The number of benzene rings is 2. The van der Waals surface area contributed by atoms with Crippen molar-refractivity contribution in [1.82, 2.24) is 19.9 Å². The van der Waals surface area contributed by atoms with Crippen molar-refractivity contribution in [3.05, 3.63) is 72.3 Å². The van der Waals surface area contributed by atoms with Gasteiger partial charge in [-0.15, -0.1) is 0 Å². The Morgan fingerprint density at radius 2 is 1.59 bits per heavy atom. The summed E-state index contributed by atoms with van der Waals surface area (Å²) in [5.41, 5.74) is 1.60. The van der Waals surface area contributed by atoms with Gasteiger partial charge in [-0.25, -0.2) is 32.7 Å². The summed E-state index contributed by atoms with van der Waals surface area (Å²) >= 11 is 0. The number of nitrogens with one attached hydrogen (secondary N) is 1. The molecule has 7 nitrogen and oxygen atoms in total. The number of aromatic nitrogens is 4. The average molecular weight is 491 g/mol. The maximum absolute atomic E-state index is 13.4. The molecule has 2 heterocycles. The number of fused-ring (bicyclic) bond motifs is 1. The second-order valence-corrected chi connectivity index (χ2v) is 9.56. The van der Waals surface area contributed by atoms with Crippen molar-refractivity contribution in [2.75, 3.05) is 11.6 Å². The Balaban J connectivity index is 1.80. The summed E-state index contributed by atoms with van der Waals surface area (Å²) < 4.78 is 76.6. The average Bonchev–Trinajstić information content (AvgIpc) is 2.78. The van der Waals surface area contributed by atoms with E-state index in [9.17, 15) is 26.0 Å². The van der Waals surface area contributed by atoms with E-state index in [1.807, 2.05) is 0 Å². The quantitative estimate of drug-likeness (QED) is 0.400. The van der Waals surface area contributed by atoms with Crippen LogP contribution in [-0.4, -0.2) is 34.6 Å². The summed E-state index contributed by atoms with van der Waals surface area (Å²) in [6.07, 6.45) is -0.303. The van der Waals surface area contributed by atoms with E-state index in [1.54, 1.807) is 13.0 Å². The molecular formula is C22H17F4N5O2S. The molecule has 0 bridgehead atoms. The zero-order valence-electron chi connectivity index (χ0n) is 17.8. The molecular weight excluding hydrogens is 474 g/mol. The summed E-state index contributed by atoms with van der Waals surface area (Å²) in [6, 6.07) is 8.09. The fourth-order valence-electron chi connectivity index (χ4n) is 3.34. The van der Waals surface area contributed by atoms with Crippen molar-refractivity contribution < 1.29 is 26.0 Å². The minimum Gasteiger partial charge on any atom is -0.363 e. The molecule has 4 rings (SSSR count). The second-order valence-electron chi connectivity index (χ2n) is 7.58. The molecule has 2 aromatic carbocycles. The smallest absolute Gasteiger partial charge is 0.363 e. The third-order valence-corrected chi connectivity index (χ3v) is 6.17. The number of hydrogen-bond acceptors (Lipinski definition) is 7. The molecule has 0 saturated heterocycles. The molecule has 0 aliphatic heterocycles. The van der Waals surface area contributed by atoms with Crippen LogP contribution in [0.5, 0.6) is 0 Å². The Bertz CT molecular complexity index is 1460. The lowest BCUT2D eigenvalue weighted by Gasteiger charge is -2.17. The van der Waals surface area contributed by atoms with E-state index in [-0.39, 0.29) is 16.2 Å². The van der Waals surface area contributed by atoms with Gasteiger partial charge >= 0.3 is 6.18 Å². The van der Waals surface area contributed by atoms with E-state index < -0.39 is 33.7 Å². The van der Waals surface area contributed by atoms with Gasteiger partial charge in [-0.05, 0) is 42.3 Å². The SMILES string of the molecule is CC(Nc1ncnc2c(S(C)(=O)=O)cc(-c3ccc(F)cc3)cc12)c1cnc(C(F)(F)F)nc1. The summed E-state index contributed by atoms with van der Waals surface area (Å²) in [6.45, 7) is 1.67. The van der Waals surface area contributed by atoms with Gasteiger partial charge in [0.25, 0.3) is 0 Å². The van der Waals surface area contributed by atoms with Crippen molar-refractivity contribution in [1.29, 1.82) is 0 Å². The summed E-state index contributed by atoms with van der Waals surface area (Å²) in [5.74, 6) is -1.44. The van der Waals surface area contributed by atoms with Crippen LogP contribution >= 0.6 is 0 Å². The highest BCUT2D eigenvalue weighted by Crippen LogP contribution is 2.33. The van der Waals surface area contributed by atoms with Crippen molar-refractivity contribution in [2.24, 2.45) is 0 Å². The Hall–Kier alpha value is -3.67. The zero-order chi connectivity index (χ0) is 24.7. The van der Waals surface area contributed by atoms with E-state index in [1.165, 1.54) is 36.7 Å². The number of rotatable bonds is 5. The normalized spacial score (nSPS) is 13.1. The summed E-state index contributed by atoms with van der Waals surface area (Å²) in [5, 5.41) is 3.42. The Labute approximate surface area is 191 Å². The van der Waals surface area contributed by atoms with Gasteiger partial charge in [0.15, 0.2) is 9.84 Å². The predicted molar refractivity (Wildman–Crippen MR) is 117 cm³/mol. The molecule has 1 N–H and O–H groups in total. The molecule has 0 fully saturated rings. The highest BCUT2D eigenvalue weighted by Gasteiger charge is 2.34. The third kappa shape index (κ3) is 4.81. The molecule has 12 heteroatoms. The first-order chi connectivity index (χ1) is 15.9. The van der Waals surface area contributed by atoms with Gasteiger partial charge < -0.3 is 5.32 Å². The van der Waals surface area contributed by atoms with Crippen LogP contribution in [-0.2, 0) is 16.0 Å². The second kappa shape index (κ2) is 8.60. The zero-order valence-corrected chi connectivity index (χ0v) is 18.6. The molecule has 2 aromatic heterocycles. The van der Waals surface area contributed by atoms with Crippen LogP contribution in [0.4, 0.5) is 23.4 Å². The molecule has 1 unspecified atom stereocenters. The van der Waals surface area contributed by atoms with Crippen molar-refractivity contribution >= 4 is 26.6 Å². The highest BCUT2D eigenvalue weighted by molar-refractivity contribution is 7.91. The highest BCUT2D eigenvalue weighted by atomic mass is 32.2. The van der Waals surface area contributed by atoms with E-state index >= 15 is 0 Å². The van der Waals surface area contributed by atoms with Crippen molar-refractivity contribution in [2.45, 2.75) is 24.0 Å². The lowest BCUT2D eigenvalue weighted by Crippen LogP contribution is -2.14. The van der Waals surface area contributed by atoms with Gasteiger partial charge in [0.2, 0.25) is 5.82 Å². The summed E-state index contributed by atoms with van der Waals surface area (Å²) in [4.78, 5) is 15.0. The number of alkyl halides is 3. The first kappa shape index (κ1) is 23.5. The molecule has 0 aliphatic rings. The van der Waals surface area contributed by atoms with Crippen LogP contribution in [0.1, 0.15) is 24.4 Å². The number of halogens is 4. The molecule has 0 radical (unpaired) electrons. The van der Waals surface area contributed by atoms with Gasteiger partial charge in [-0.2, -0.15) is 13.2 Å². The van der Waals surface area contributed by atoms with E-state index in [2.05, 4.69) is 25.3 Å². The van der Waals surface area contributed by atoms with Crippen LogP contribution in [0, 0.1) is 5.82 Å². The van der Waals surface area contributed by atoms with Crippen LogP contribution in [0.15, 0.2) is 60.0 Å². The van der Waals surface area contributed by atoms with E-state index in [0.29, 0.717) is 22.1 Å². The van der Waals surface area contributed by atoms with E-state index in [4.69, 9.17) is 0 Å². The van der Waals surface area contributed by atoms with Crippen LogP contribution in [0.25, 0.3) is 22.0 Å². The van der Waals surface area contributed by atoms with Gasteiger partial charge in [0.1, 0.15) is 18.0 Å². The monoisotopic (exact) mass is 491 g/mol. The van der Waals surface area contributed by atoms with Crippen LogP contribution < -0.4 is 5.32 Å². The number of hydrogen-bond donors (Lipinski definition) is 1. The summed E-state index contributed by atoms with van der Waals surface area (Å²) in [7, 11) is -3.70. The first-order valence-electron chi connectivity index (χ1n) is 9.84. The molecule has 176 valence electrons. The fourth-order valence-corrected chi connectivity index (χ4v) is 4.19. The Morgan fingerprint density at radius 1 is 0.941 bits per heavy atom. The van der Waals surface area contributed by atoms with Gasteiger partial charge in [0.05, 0.1) is 16.5 Å².